The quantitative estimate of drug-likeness (QED) is 0.297. The summed E-state index contributed by atoms with van der Waals surface area (Å²) in [6.45, 7) is 5.67. The van der Waals surface area contributed by atoms with Crippen LogP contribution in [0.25, 0.3) is 0 Å². The third-order valence-corrected chi connectivity index (χ3v) is 2.68. The lowest BCUT2D eigenvalue weighted by Crippen LogP contribution is -2.06. The molecule has 1 heterocycles. The summed E-state index contributed by atoms with van der Waals surface area (Å²) in [5.74, 6) is -1.56. The van der Waals surface area contributed by atoms with Gasteiger partial charge >= 0.3 is 19.8 Å². The number of carboxylic acids is 2. The number of hydrogen-bond donors (Lipinski definition) is 6. The van der Waals surface area contributed by atoms with E-state index in [4.69, 9.17) is 29.5 Å². The molecule has 0 saturated heterocycles. The number of nitrogens with one attached hydrogen (secondary N) is 1. The number of aromatic amines is 1. The van der Waals surface area contributed by atoms with Crippen LogP contribution in [0.4, 0.5) is 0 Å². The van der Waals surface area contributed by atoms with E-state index in [1.807, 2.05) is 6.92 Å². The molecule has 0 aliphatic rings. The highest BCUT2D eigenvalue weighted by Gasteiger charge is 2.05. The van der Waals surface area contributed by atoms with E-state index in [0.29, 0.717) is 6.42 Å². The zero-order valence-electron chi connectivity index (χ0n) is 15.4. The van der Waals surface area contributed by atoms with Crippen molar-refractivity contribution in [2.75, 3.05) is 0 Å². The maximum Gasteiger partial charge on any atom is 0.466 e. The minimum Gasteiger partial charge on any atom is -0.481 e. The van der Waals surface area contributed by atoms with Crippen LogP contribution in [0.2, 0.25) is 0 Å². The smallest absolute Gasteiger partial charge is 0.466 e. The number of unbranched alkanes of at least 4 members (excludes halogenated alkanes) is 3. The fourth-order valence-electron chi connectivity index (χ4n) is 1.09. The molecule has 26 heavy (non-hydrogen) atoms. The van der Waals surface area contributed by atoms with Crippen LogP contribution in [-0.2, 0) is 14.2 Å². The van der Waals surface area contributed by atoms with E-state index < -0.39 is 19.8 Å². The Bertz CT molecular complexity index is 451. The van der Waals surface area contributed by atoms with E-state index >= 15 is 0 Å². The molecular weight excluding hydrogens is 367 g/mol. The molecule has 0 radical (unpaired) electrons. The molecule has 0 fully saturated rings. The van der Waals surface area contributed by atoms with Crippen LogP contribution < -0.4 is 0 Å². The second-order valence-corrected chi connectivity index (χ2v) is 6.15. The van der Waals surface area contributed by atoms with Crippen LogP contribution in [0.1, 0.15) is 59.3 Å². The van der Waals surface area contributed by atoms with E-state index in [2.05, 4.69) is 16.9 Å². The minimum atomic E-state index is -4.64. The van der Waals surface area contributed by atoms with Crippen molar-refractivity contribution in [1.29, 1.82) is 0 Å². The fraction of sp³-hybridized carbons (Fsp3) is 0.667. The van der Waals surface area contributed by atoms with Crippen LogP contribution in [0.5, 0.6) is 0 Å². The molecule has 0 bridgehead atoms. The topological polar surface area (TPSA) is 181 Å². The lowest BCUT2D eigenvalue weighted by Gasteiger charge is -1.96. The minimum absolute atomic E-state index is 0.181. The number of rotatable bonds is 7. The standard InChI is InChI=1S/C7H14O2.C5H10O2.C3H4N2.H3O4P/c1-2-3-4-5-6-7(8)9;1-3-4(2)5(6)7;1-2-5-3-4-1;1-5(2,3)4/h2-6H2,1H3,(H,8,9);4H,3H2,1-2H3,(H,6,7);1-3H,(H,4,5);(H3,1,2,3,4). The third kappa shape index (κ3) is 43.2. The van der Waals surface area contributed by atoms with Gasteiger partial charge in [-0.25, -0.2) is 9.55 Å². The molecule has 0 aliphatic carbocycles. The van der Waals surface area contributed by atoms with Crippen molar-refractivity contribution in [3.8, 4) is 0 Å². The number of H-pyrrole nitrogens is 1. The second kappa shape index (κ2) is 19.6. The molecule has 0 amide bonds. The Morgan fingerprint density at radius 1 is 1.12 bits per heavy atom. The summed E-state index contributed by atoms with van der Waals surface area (Å²) in [7, 11) is -4.64. The number of aromatic nitrogens is 2. The van der Waals surface area contributed by atoms with Gasteiger partial charge in [0.05, 0.1) is 12.2 Å². The van der Waals surface area contributed by atoms with Gasteiger partial charge in [0, 0.05) is 18.8 Å². The summed E-state index contributed by atoms with van der Waals surface area (Å²) < 4.78 is 8.88. The van der Waals surface area contributed by atoms with Crippen molar-refractivity contribution < 1.29 is 39.0 Å². The molecule has 1 unspecified atom stereocenters. The van der Waals surface area contributed by atoms with Gasteiger partial charge in [0.25, 0.3) is 0 Å². The summed E-state index contributed by atoms with van der Waals surface area (Å²) >= 11 is 0. The van der Waals surface area contributed by atoms with Crippen LogP contribution in [-0.4, -0.2) is 46.8 Å². The Hall–Kier alpha value is -1.74. The van der Waals surface area contributed by atoms with Gasteiger partial charge in [-0.15, -0.1) is 0 Å². The zero-order valence-corrected chi connectivity index (χ0v) is 16.3. The third-order valence-electron chi connectivity index (χ3n) is 2.68. The van der Waals surface area contributed by atoms with Crippen molar-refractivity contribution in [2.24, 2.45) is 5.92 Å². The molecule has 0 saturated carbocycles. The number of hydrogen-bond acceptors (Lipinski definition) is 4. The number of nitrogens with zero attached hydrogens (tertiary/aromatic N) is 1. The van der Waals surface area contributed by atoms with E-state index in [9.17, 15) is 9.59 Å². The van der Waals surface area contributed by atoms with Crippen molar-refractivity contribution in [3.05, 3.63) is 18.7 Å². The Kier molecular flexibility index (Phi) is 21.9. The average molecular weight is 398 g/mol. The zero-order chi connectivity index (χ0) is 21.0. The van der Waals surface area contributed by atoms with E-state index in [-0.39, 0.29) is 5.92 Å². The fourth-order valence-corrected chi connectivity index (χ4v) is 1.09. The molecular formula is C15H31N2O8P. The highest BCUT2D eigenvalue weighted by molar-refractivity contribution is 7.45. The molecule has 154 valence electrons. The largest absolute Gasteiger partial charge is 0.481 e. The Balaban J connectivity index is -0.000000279. The molecule has 1 rings (SSSR count). The Morgan fingerprint density at radius 3 is 1.85 bits per heavy atom. The molecule has 1 aromatic rings. The summed E-state index contributed by atoms with van der Waals surface area (Å²) in [4.78, 5) is 47.9. The number of carbonyl (C=O) groups is 2. The first-order chi connectivity index (χ1) is 12.0. The first-order valence-corrected chi connectivity index (χ1v) is 9.67. The van der Waals surface area contributed by atoms with Gasteiger partial charge in [0.1, 0.15) is 0 Å². The monoisotopic (exact) mass is 398 g/mol. The van der Waals surface area contributed by atoms with Crippen molar-refractivity contribution in [1.82, 2.24) is 9.97 Å². The predicted octanol–water partition coefficient (Wildman–Crippen LogP) is 2.64. The van der Waals surface area contributed by atoms with Crippen molar-refractivity contribution >= 4 is 19.8 Å². The maximum atomic E-state index is 9.96. The molecule has 0 spiro atoms. The number of carboxylic acid groups (broad SMARTS) is 2. The van der Waals surface area contributed by atoms with Gasteiger partial charge in [-0.1, -0.05) is 40.0 Å². The molecule has 0 aliphatic heterocycles. The van der Waals surface area contributed by atoms with E-state index in [0.717, 1.165) is 25.7 Å². The summed E-state index contributed by atoms with van der Waals surface area (Å²) in [6.07, 6.45) is 10.4. The van der Waals surface area contributed by atoms with Gasteiger partial charge in [0.2, 0.25) is 0 Å². The first-order valence-electron chi connectivity index (χ1n) is 8.11. The van der Waals surface area contributed by atoms with E-state index in [1.165, 1.54) is 6.42 Å². The normalized spacial score (nSPS) is 10.7. The highest BCUT2D eigenvalue weighted by atomic mass is 31.2. The highest BCUT2D eigenvalue weighted by Crippen LogP contribution is 2.25. The summed E-state index contributed by atoms with van der Waals surface area (Å²) in [5, 5.41) is 16.4. The van der Waals surface area contributed by atoms with Gasteiger partial charge in [-0.2, -0.15) is 0 Å². The first kappa shape index (κ1) is 29.0. The van der Waals surface area contributed by atoms with Crippen LogP contribution in [0.15, 0.2) is 18.7 Å². The van der Waals surface area contributed by atoms with Gasteiger partial charge in [0.15, 0.2) is 0 Å². The van der Waals surface area contributed by atoms with Gasteiger partial charge in [-0.05, 0) is 12.8 Å². The Labute approximate surface area is 153 Å². The SMILES string of the molecule is CCC(C)C(=O)O.CCCCCCC(=O)O.O=P(O)(O)O.c1c[nH]cn1. The summed E-state index contributed by atoms with van der Waals surface area (Å²) in [6, 6.07) is 0. The number of phosphoric acid groups is 1. The van der Waals surface area contributed by atoms with Crippen LogP contribution in [0, 0.1) is 5.92 Å². The summed E-state index contributed by atoms with van der Waals surface area (Å²) in [5.41, 5.74) is 0. The molecule has 0 aromatic carbocycles. The maximum absolute atomic E-state index is 9.96. The average Bonchev–Trinajstić information content (AvgIpc) is 3.09. The van der Waals surface area contributed by atoms with Crippen molar-refractivity contribution in [2.45, 2.75) is 59.3 Å². The van der Waals surface area contributed by atoms with Crippen LogP contribution in [0.3, 0.4) is 0 Å². The van der Waals surface area contributed by atoms with Gasteiger partial charge in [-0.3, -0.25) is 9.59 Å². The lowest BCUT2D eigenvalue weighted by molar-refractivity contribution is -0.141. The second-order valence-electron chi connectivity index (χ2n) is 5.13. The van der Waals surface area contributed by atoms with Crippen LogP contribution >= 0.6 is 7.82 Å². The number of aliphatic carboxylic acids is 2. The van der Waals surface area contributed by atoms with Crippen molar-refractivity contribution in [3.63, 3.8) is 0 Å². The van der Waals surface area contributed by atoms with E-state index in [1.54, 1.807) is 25.6 Å². The molecule has 11 heteroatoms. The molecule has 1 aromatic heterocycles. The number of imidazole rings is 1. The predicted molar refractivity (Wildman–Crippen MR) is 96.3 cm³/mol. The molecule has 10 nitrogen and oxygen atoms in total. The lowest BCUT2D eigenvalue weighted by atomic mass is 10.1. The molecule has 6 N–H and O–H groups in total. The molecule has 1 atom stereocenters. The Morgan fingerprint density at radius 2 is 1.65 bits per heavy atom. The van der Waals surface area contributed by atoms with Gasteiger partial charge < -0.3 is 29.9 Å².